The molecule has 0 bridgehead atoms. The standard InChI is InChI=1S/C40H52N4O9S/c1-39(2,3)53-34(45)19-24-11-8-6-5-7-9-12-25-22-40(25,38(48)43-54(49,50)28-16-17-28)42-35(46)33-21-27(23-44(33)37(24)47)52-36-30-14-10-13-29(30)31-20-26(51-4)15-18-32(31)41-36/h9,12,15,18,20,24-25,27-28,33H,5-8,10-11,13-14,16-17,19,21-23H2,1-4H3,(H,42,46)(H,43,48)/b12-9-/t24?,25-,27-,33+,40-/m1/s1. The number of ether oxygens (including phenoxy) is 3. The van der Waals surface area contributed by atoms with E-state index >= 15 is 0 Å². The summed E-state index contributed by atoms with van der Waals surface area (Å²) in [6.45, 7) is 5.40. The lowest BCUT2D eigenvalue weighted by atomic mass is 9.95. The minimum Gasteiger partial charge on any atom is -0.497 e. The lowest BCUT2D eigenvalue weighted by molar-refractivity contribution is -0.159. The number of aryl methyl sites for hydroxylation is 1. The number of sulfonamides is 1. The molecule has 3 heterocycles. The van der Waals surface area contributed by atoms with E-state index in [1.54, 1.807) is 27.9 Å². The van der Waals surface area contributed by atoms with E-state index in [1.807, 2.05) is 30.4 Å². The van der Waals surface area contributed by atoms with Crippen LogP contribution in [0.25, 0.3) is 10.9 Å². The number of hydrogen-bond donors (Lipinski definition) is 2. The molecule has 2 saturated carbocycles. The van der Waals surface area contributed by atoms with Gasteiger partial charge < -0.3 is 24.4 Å². The first-order chi connectivity index (χ1) is 25.7. The maximum atomic E-state index is 14.6. The van der Waals surface area contributed by atoms with E-state index in [2.05, 4.69) is 10.0 Å². The van der Waals surface area contributed by atoms with Crippen LogP contribution in [0, 0.1) is 11.8 Å². The first kappa shape index (κ1) is 38.1. The molecule has 3 amide bonds. The summed E-state index contributed by atoms with van der Waals surface area (Å²) in [6, 6.07) is 4.69. The number of methoxy groups -OCH3 is 1. The van der Waals surface area contributed by atoms with E-state index in [0.29, 0.717) is 31.6 Å². The number of benzene rings is 1. The smallest absolute Gasteiger partial charge is 0.307 e. The van der Waals surface area contributed by atoms with Gasteiger partial charge in [0.25, 0.3) is 5.91 Å². The van der Waals surface area contributed by atoms with Crippen LogP contribution in [0.15, 0.2) is 30.4 Å². The molecule has 14 heteroatoms. The summed E-state index contributed by atoms with van der Waals surface area (Å²) < 4.78 is 45.7. The number of amides is 3. The molecular weight excluding hydrogens is 713 g/mol. The Labute approximate surface area is 317 Å². The van der Waals surface area contributed by atoms with E-state index in [1.165, 1.54) is 4.90 Å². The predicted molar refractivity (Wildman–Crippen MR) is 200 cm³/mol. The van der Waals surface area contributed by atoms with Crippen LogP contribution in [-0.4, -0.2) is 84.2 Å². The molecule has 2 aromatic rings. The van der Waals surface area contributed by atoms with Crippen molar-refractivity contribution in [2.24, 2.45) is 11.8 Å². The lowest BCUT2D eigenvalue weighted by Gasteiger charge is -2.30. The summed E-state index contributed by atoms with van der Waals surface area (Å²) in [5.74, 6) is -2.10. The average molecular weight is 765 g/mol. The van der Waals surface area contributed by atoms with Gasteiger partial charge in [0.15, 0.2) is 0 Å². The molecule has 3 aliphatic carbocycles. The highest BCUT2D eigenvalue weighted by atomic mass is 32.2. The van der Waals surface area contributed by atoms with E-state index in [9.17, 15) is 27.6 Å². The van der Waals surface area contributed by atoms with Gasteiger partial charge >= 0.3 is 5.97 Å². The molecule has 1 aromatic heterocycles. The molecule has 5 atom stereocenters. The van der Waals surface area contributed by atoms with Gasteiger partial charge in [-0.2, -0.15) is 0 Å². The monoisotopic (exact) mass is 764 g/mol. The highest BCUT2D eigenvalue weighted by Gasteiger charge is 2.62. The number of rotatable bonds is 8. The summed E-state index contributed by atoms with van der Waals surface area (Å²) in [5, 5.41) is 3.32. The Bertz CT molecular complexity index is 1970. The second-order valence-corrected chi connectivity index (χ2v) is 18.6. The normalized spacial score (nSPS) is 28.1. The van der Waals surface area contributed by atoms with Crippen LogP contribution in [0.2, 0.25) is 0 Å². The Balaban J connectivity index is 1.20. The molecule has 0 radical (unpaired) electrons. The van der Waals surface area contributed by atoms with Crippen LogP contribution in [-0.2, 0) is 46.8 Å². The summed E-state index contributed by atoms with van der Waals surface area (Å²) in [5.41, 5.74) is 0.699. The first-order valence-electron chi connectivity index (χ1n) is 19.4. The number of aromatic nitrogens is 1. The van der Waals surface area contributed by atoms with Crippen molar-refractivity contribution in [2.45, 2.75) is 133 Å². The number of nitrogens with zero attached hydrogens (tertiary/aromatic N) is 2. The largest absolute Gasteiger partial charge is 0.497 e. The molecular formula is C40H52N4O9S. The summed E-state index contributed by atoms with van der Waals surface area (Å²) >= 11 is 0. The average Bonchev–Trinajstić information content (AvgIpc) is 3.98. The van der Waals surface area contributed by atoms with Crippen LogP contribution in [0.3, 0.4) is 0 Å². The number of hydrogen-bond acceptors (Lipinski definition) is 10. The first-order valence-corrected chi connectivity index (χ1v) is 21.0. The zero-order chi connectivity index (χ0) is 38.4. The van der Waals surface area contributed by atoms with Gasteiger partial charge in [-0.05, 0) is 102 Å². The van der Waals surface area contributed by atoms with Gasteiger partial charge in [0.1, 0.15) is 29.0 Å². The van der Waals surface area contributed by atoms with Gasteiger partial charge in [0, 0.05) is 29.2 Å². The second-order valence-electron chi connectivity index (χ2n) is 16.6. The van der Waals surface area contributed by atoms with Crippen LogP contribution < -0.4 is 19.5 Å². The van der Waals surface area contributed by atoms with Crippen LogP contribution in [0.4, 0.5) is 0 Å². The third-order valence-electron chi connectivity index (χ3n) is 11.3. The number of carbonyl (C=O) groups excluding carboxylic acids is 4. The van der Waals surface area contributed by atoms with E-state index in [-0.39, 0.29) is 31.7 Å². The summed E-state index contributed by atoms with van der Waals surface area (Å²) in [4.78, 5) is 62.3. The number of carbonyl (C=O) groups is 4. The SMILES string of the molecule is COc1ccc2nc(O[C@@H]3C[C@H]4C(=O)N[C@]5(C(=O)NS(=O)(=O)C6CC6)C[C@H]5/C=C\CCCCCC(CC(=O)OC(C)(C)C)C(=O)N4C3)c3c(c2c1)CCC3. The van der Waals surface area contributed by atoms with E-state index < -0.39 is 68.2 Å². The van der Waals surface area contributed by atoms with Crippen molar-refractivity contribution in [2.75, 3.05) is 13.7 Å². The zero-order valence-electron chi connectivity index (χ0n) is 31.6. The van der Waals surface area contributed by atoms with Crippen molar-refractivity contribution in [3.05, 3.63) is 41.5 Å². The Kier molecular flexibility index (Phi) is 10.4. The van der Waals surface area contributed by atoms with Crippen molar-refractivity contribution in [1.29, 1.82) is 0 Å². The minimum atomic E-state index is -3.87. The minimum absolute atomic E-state index is 0.0669. The highest BCUT2D eigenvalue weighted by molar-refractivity contribution is 7.91. The van der Waals surface area contributed by atoms with Crippen LogP contribution in [0.1, 0.15) is 103 Å². The van der Waals surface area contributed by atoms with Crippen molar-refractivity contribution >= 4 is 44.6 Å². The van der Waals surface area contributed by atoms with E-state index in [4.69, 9.17) is 19.2 Å². The predicted octanol–water partition coefficient (Wildman–Crippen LogP) is 4.43. The third-order valence-corrected chi connectivity index (χ3v) is 13.1. The van der Waals surface area contributed by atoms with E-state index in [0.717, 1.165) is 66.3 Å². The fraction of sp³-hybridized carbons (Fsp3) is 0.625. The van der Waals surface area contributed by atoms with Crippen molar-refractivity contribution in [1.82, 2.24) is 19.9 Å². The van der Waals surface area contributed by atoms with Crippen molar-refractivity contribution in [3.8, 4) is 11.6 Å². The van der Waals surface area contributed by atoms with Crippen LogP contribution in [0.5, 0.6) is 11.6 Å². The van der Waals surface area contributed by atoms with Crippen molar-refractivity contribution in [3.63, 3.8) is 0 Å². The van der Waals surface area contributed by atoms with Crippen LogP contribution >= 0.6 is 0 Å². The summed E-state index contributed by atoms with van der Waals surface area (Å²) in [7, 11) is -2.25. The fourth-order valence-corrected chi connectivity index (χ4v) is 9.62. The molecule has 1 unspecified atom stereocenters. The molecule has 1 aromatic carbocycles. The zero-order valence-corrected chi connectivity index (χ0v) is 32.5. The molecule has 1 saturated heterocycles. The summed E-state index contributed by atoms with van der Waals surface area (Å²) in [6.07, 6.45) is 10.5. The topological polar surface area (TPSA) is 170 Å². The Morgan fingerprint density at radius 3 is 2.57 bits per heavy atom. The fourth-order valence-electron chi connectivity index (χ4n) is 8.25. The Hall–Kier alpha value is -4.20. The highest BCUT2D eigenvalue weighted by Crippen LogP contribution is 2.46. The number of fused-ring (bicyclic) bond motifs is 5. The molecule has 3 fully saturated rings. The van der Waals surface area contributed by atoms with Gasteiger partial charge in [-0.25, -0.2) is 13.4 Å². The van der Waals surface area contributed by atoms with Gasteiger partial charge in [0.2, 0.25) is 27.7 Å². The van der Waals surface area contributed by atoms with Crippen molar-refractivity contribution < 1.29 is 41.8 Å². The number of allylic oxidation sites excluding steroid dienone is 1. The molecule has 2 aliphatic heterocycles. The molecule has 7 rings (SSSR count). The van der Waals surface area contributed by atoms with Gasteiger partial charge in [0.05, 0.1) is 30.8 Å². The molecule has 54 heavy (non-hydrogen) atoms. The second kappa shape index (κ2) is 14.8. The van der Waals surface area contributed by atoms with Gasteiger partial charge in [-0.1, -0.05) is 25.0 Å². The maximum absolute atomic E-state index is 14.6. The molecule has 13 nitrogen and oxygen atoms in total. The van der Waals surface area contributed by atoms with Gasteiger partial charge in [-0.3, -0.25) is 23.9 Å². The number of pyridine rings is 1. The quantitative estimate of drug-likeness (QED) is 0.290. The number of esters is 1. The Morgan fingerprint density at radius 2 is 1.83 bits per heavy atom. The lowest BCUT2D eigenvalue weighted by Crippen LogP contribution is -2.57. The van der Waals surface area contributed by atoms with Gasteiger partial charge in [-0.15, -0.1) is 0 Å². The third kappa shape index (κ3) is 8.08. The molecule has 0 spiro atoms. The molecule has 2 N–H and O–H groups in total. The number of nitrogens with one attached hydrogen (secondary N) is 2. The maximum Gasteiger partial charge on any atom is 0.307 e. The molecule has 5 aliphatic rings. The molecule has 292 valence electrons. The Morgan fingerprint density at radius 1 is 1.06 bits per heavy atom.